The molecule has 0 saturated carbocycles. The molecule has 2 N–H and O–H groups in total. The zero-order valence-corrected chi connectivity index (χ0v) is 10.8. The van der Waals surface area contributed by atoms with Crippen LogP contribution in [-0.4, -0.2) is 53.7 Å². The molecule has 0 atom stereocenters. The third-order valence-corrected chi connectivity index (χ3v) is 2.76. The first-order valence-corrected chi connectivity index (χ1v) is 6.21. The molecule has 0 radical (unpaired) electrons. The summed E-state index contributed by atoms with van der Waals surface area (Å²) in [6, 6.07) is 0.179. The first-order chi connectivity index (χ1) is 8.65. The molecular formula is C11H19N5O2. The van der Waals surface area contributed by atoms with Crippen LogP contribution in [0, 0.1) is 0 Å². The number of carbonyl (C=O) groups excluding carboxylic acids is 1. The van der Waals surface area contributed by atoms with Crippen LogP contribution >= 0.6 is 0 Å². The summed E-state index contributed by atoms with van der Waals surface area (Å²) in [6.07, 6.45) is 0. The molecule has 1 aliphatic heterocycles. The van der Waals surface area contributed by atoms with Gasteiger partial charge in [0.05, 0.1) is 6.54 Å². The van der Waals surface area contributed by atoms with Crippen LogP contribution in [0.25, 0.3) is 0 Å². The van der Waals surface area contributed by atoms with Crippen molar-refractivity contribution in [2.45, 2.75) is 19.8 Å². The second kappa shape index (κ2) is 5.92. The molecule has 18 heavy (non-hydrogen) atoms. The van der Waals surface area contributed by atoms with Gasteiger partial charge in [-0.1, -0.05) is 18.9 Å². The van der Waals surface area contributed by atoms with Crippen molar-refractivity contribution < 1.29 is 9.21 Å². The molecule has 100 valence electrons. The minimum absolute atomic E-state index is 0.115. The Balaban J connectivity index is 1.82. The predicted octanol–water partition coefficient (Wildman–Crippen LogP) is 0.0367. The van der Waals surface area contributed by atoms with Gasteiger partial charge in [-0.15, -0.1) is 5.10 Å². The van der Waals surface area contributed by atoms with Crippen LogP contribution in [0.1, 0.15) is 25.7 Å². The SMILES string of the molecule is CC(C)c1nnc(NC(=O)CN2CCNCC2)o1. The zero-order chi connectivity index (χ0) is 13.0. The molecule has 7 nitrogen and oxygen atoms in total. The summed E-state index contributed by atoms with van der Waals surface area (Å²) in [5.74, 6) is 0.583. The average Bonchev–Trinajstić information content (AvgIpc) is 2.78. The van der Waals surface area contributed by atoms with E-state index in [1.807, 2.05) is 13.8 Å². The van der Waals surface area contributed by atoms with Gasteiger partial charge in [-0.2, -0.15) is 0 Å². The maximum atomic E-state index is 11.8. The molecule has 0 aromatic carbocycles. The second-order valence-corrected chi connectivity index (χ2v) is 4.67. The summed E-state index contributed by atoms with van der Waals surface area (Å²) in [6.45, 7) is 7.89. The number of carbonyl (C=O) groups is 1. The molecule has 1 amide bonds. The number of nitrogens with zero attached hydrogens (tertiary/aromatic N) is 3. The van der Waals surface area contributed by atoms with E-state index in [1.165, 1.54) is 0 Å². The van der Waals surface area contributed by atoms with Gasteiger partial charge in [0.15, 0.2) is 0 Å². The molecule has 2 heterocycles. The molecule has 0 spiro atoms. The lowest BCUT2D eigenvalue weighted by atomic mass is 10.2. The van der Waals surface area contributed by atoms with Gasteiger partial charge in [0.2, 0.25) is 11.8 Å². The van der Waals surface area contributed by atoms with E-state index in [-0.39, 0.29) is 17.8 Å². The van der Waals surface area contributed by atoms with Crippen LogP contribution in [0.15, 0.2) is 4.42 Å². The van der Waals surface area contributed by atoms with Crippen molar-refractivity contribution in [3.63, 3.8) is 0 Å². The summed E-state index contributed by atoms with van der Waals surface area (Å²) in [5.41, 5.74) is 0. The summed E-state index contributed by atoms with van der Waals surface area (Å²) < 4.78 is 5.32. The maximum Gasteiger partial charge on any atom is 0.322 e. The fourth-order valence-corrected chi connectivity index (χ4v) is 1.75. The van der Waals surface area contributed by atoms with Crippen LogP contribution in [0.5, 0.6) is 0 Å². The van der Waals surface area contributed by atoms with Crippen LogP contribution in [0.2, 0.25) is 0 Å². The minimum Gasteiger partial charge on any atom is -0.408 e. The first-order valence-electron chi connectivity index (χ1n) is 6.21. The first kappa shape index (κ1) is 13.0. The fraction of sp³-hybridized carbons (Fsp3) is 0.727. The van der Waals surface area contributed by atoms with Crippen molar-refractivity contribution in [3.05, 3.63) is 5.89 Å². The van der Waals surface area contributed by atoms with Gasteiger partial charge in [0.1, 0.15) is 0 Å². The number of aromatic nitrogens is 2. The summed E-state index contributed by atoms with van der Waals surface area (Å²) >= 11 is 0. The van der Waals surface area contributed by atoms with E-state index in [4.69, 9.17) is 4.42 Å². The Morgan fingerprint density at radius 3 is 2.78 bits per heavy atom. The Morgan fingerprint density at radius 1 is 1.44 bits per heavy atom. The van der Waals surface area contributed by atoms with Crippen molar-refractivity contribution in [2.75, 3.05) is 38.0 Å². The Labute approximate surface area is 106 Å². The smallest absolute Gasteiger partial charge is 0.322 e. The molecule has 2 rings (SSSR count). The van der Waals surface area contributed by atoms with E-state index < -0.39 is 0 Å². The Bertz CT molecular complexity index is 398. The second-order valence-electron chi connectivity index (χ2n) is 4.67. The third-order valence-electron chi connectivity index (χ3n) is 2.76. The maximum absolute atomic E-state index is 11.8. The van der Waals surface area contributed by atoms with Crippen molar-refractivity contribution in [1.82, 2.24) is 20.4 Å². The lowest BCUT2D eigenvalue weighted by Gasteiger charge is -2.26. The van der Waals surface area contributed by atoms with E-state index in [0.717, 1.165) is 26.2 Å². The predicted molar refractivity (Wildman–Crippen MR) is 66.3 cm³/mol. The summed E-state index contributed by atoms with van der Waals surface area (Å²) in [7, 11) is 0. The highest BCUT2D eigenvalue weighted by Gasteiger charge is 2.16. The number of nitrogens with one attached hydrogen (secondary N) is 2. The standard InChI is InChI=1S/C11H19N5O2/c1-8(2)10-14-15-11(18-10)13-9(17)7-16-5-3-12-4-6-16/h8,12H,3-7H2,1-2H3,(H,13,15,17). The number of hydrogen-bond acceptors (Lipinski definition) is 6. The van der Waals surface area contributed by atoms with Gasteiger partial charge in [-0.25, -0.2) is 0 Å². The molecule has 1 fully saturated rings. The highest BCUT2D eigenvalue weighted by Crippen LogP contribution is 2.14. The van der Waals surface area contributed by atoms with Gasteiger partial charge in [-0.3, -0.25) is 15.0 Å². The lowest BCUT2D eigenvalue weighted by Crippen LogP contribution is -2.46. The quantitative estimate of drug-likeness (QED) is 0.788. The monoisotopic (exact) mass is 253 g/mol. The summed E-state index contributed by atoms with van der Waals surface area (Å²) in [5, 5.41) is 13.5. The van der Waals surface area contributed by atoms with E-state index >= 15 is 0 Å². The Kier molecular flexibility index (Phi) is 4.27. The molecule has 1 aromatic rings. The molecular weight excluding hydrogens is 234 g/mol. The van der Waals surface area contributed by atoms with Crippen molar-refractivity contribution in [3.8, 4) is 0 Å². The fourth-order valence-electron chi connectivity index (χ4n) is 1.75. The third kappa shape index (κ3) is 3.51. The van der Waals surface area contributed by atoms with Crippen molar-refractivity contribution in [1.29, 1.82) is 0 Å². The molecule has 1 aliphatic rings. The van der Waals surface area contributed by atoms with Crippen LogP contribution in [0.3, 0.4) is 0 Å². The molecule has 0 aliphatic carbocycles. The number of amides is 1. The summed E-state index contributed by atoms with van der Waals surface area (Å²) in [4.78, 5) is 13.8. The molecule has 1 saturated heterocycles. The largest absolute Gasteiger partial charge is 0.408 e. The topological polar surface area (TPSA) is 83.3 Å². The lowest BCUT2D eigenvalue weighted by molar-refractivity contribution is -0.117. The van der Waals surface area contributed by atoms with Gasteiger partial charge in [-0.05, 0) is 0 Å². The van der Waals surface area contributed by atoms with Gasteiger partial charge in [0.25, 0.3) is 0 Å². The molecule has 0 unspecified atom stereocenters. The average molecular weight is 253 g/mol. The number of piperazine rings is 1. The zero-order valence-electron chi connectivity index (χ0n) is 10.8. The van der Waals surface area contributed by atoms with Crippen LogP contribution in [0.4, 0.5) is 6.01 Å². The van der Waals surface area contributed by atoms with E-state index in [9.17, 15) is 4.79 Å². The normalized spacial score (nSPS) is 17.1. The van der Waals surface area contributed by atoms with Gasteiger partial charge >= 0.3 is 6.01 Å². The number of anilines is 1. The van der Waals surface area contributed by atoms with E-state index in [1.54, 1.807) is 0 Å². The van der Waals surface area contributed by atoms with E-state index in [0.29, 0.717) is 12.4 Å². The highest BCUT2D eigenvalue weighted by molar-refractivity contribution is 5.90. The van der Waals surface area contributed by atoms with E-state index in [2.05, 4.69) is 25.7 Å². The van der Waals surface area contributed by atoms with Crippen LogP contribution in [-0.2, 0) is 4.79 Å². The molecule has 7 heteroatoms. The Hall–Kier alpha value is -1.47. The molecule has 0 bridgehead atoms. The van der Waals surface area contributed by atoms with Crippen molar-refractivity contribution in [2.24, 2.45) is 0 Å². The highest BCUT2D eigenvalue weighted by atomic mass is 16.4. The number of rotatable bonds is 4. The van der Waals surface area contributed by atoms with Gasteiger partial charge < -0.3 is 9.73 Å². The van der Waals surface area contributed by atoms with Gasteiger partial charge in [0, 0.05) is 32.1 Å². The van der Waals surface area contributed by atoms with Crippen LogP contribution < -0.4 is 10.6 Å². The number of hydrogen-bond donors (Lipinski definition) is 2. The van der Waals surface area contributed by atoms with Crippen molar-refractivity contribution >= 4 is 11.9 Å². The minimum atomic E-state index is -0.115. The molecule has 1 aromatic heterocycles. The Morgan fingerprint density at radius 2 is 2.17 bits per heavy atom.